The Kier molecular flexibility index (Phi) is 5.97. The average Bonchev–Trinajstić information content (AvgIpc) is 3.27. The lowest BCUT2D eigenvalue weighted by Crippen LogP contribution is -2.41. The normalized spacial score (nSPS) is 28.0. The highest BCUT2D eigenvalue weighted by Crippen LogP contribution is 2.31. The molecule has 1 amide bonds. The third kappa shape index (κ3) is 3.92. The summed E-state index contributed by atoms with van der Waals surface area (Å²) in [5, 5.41) is 26.0. The van der Waals surface area contributed by atoms with Gasteiger partial charge in [-0.25, -0.2) is 4.79 Å². The highest BCUT2D eigenvalue weighted by Gasteiger charge is 2.45. The summed E-state index contributed by atoms with van der Waals surface area (Å²) in [5.41, 5.74) is -1.91. The van der Waals surface area contributed by atoms with Crippen molar-refractivity contribution in [2.24, 2.45) is 0 Å². The van der Waals surface area contributed by atoms with Gasteiger partial charge in [0.2, 0.25) is 0 Å². The van der Waals surface area contributed by atoms with Gasteiger partial charge < -0.3 is 25.0 Å². The predicted molar refractivity (Wildman–Crippen MR) is 98.7 cm³/mol. The largest absolute Gasteiger partial charge is 0.394 e. The van der Waals surface area contributed by atoms with E-state index in [9.17, 15) is 24.6 Å². The molecule has 2 aliphatic rings. The Morgan fingerprint density at radius 2 is 2.11 bits per heavy atom. The first kappa shape index (κ1) is 19.6. The fourth-order valence-electron chi connectivity index (χ4n) is 2.92. The first-order chi connectivity index (χ1) is 13.0. The zero-order chi connectivity index (χ0) is 19.6. The van der Waals surface area contributed by atoms with Crippen molar-refractivity contribution in [1.29, 1.82) is 0 Å². The lowest BCUT2D eigenvalue weighted by molar-refractivity contribution is -0.0626. The highest BCUT2D eigenvalue weighted by molar-refractivity contribution is 8.22. The first-order valence-electron chi connectivity index (χ1n) is 8.18. The number of carbonyl (C=O) groups is 1. The zero-order valence-corrected chi connectivity index (χ0v) is 15.3. The van der Waals surface area contributed by atoms with E-state index in [0.29, 0.717) is 5.88 Å². The molecule has 0 radical (unpaired) electrons. The number of aromatic nitrogens is 2. The number of nitrogens with one attached hydrogen (secondary N) is 2. The second-order valence-electron chi connectivity index (χ2n) is 6.01. The van der Waals surface area contributed by atoms with Gasteiger partial charge in [0.05, 0.1) is 12.5 Å². The Morgan fingerprint density at radius 3 is 2.74 bits per heavy atom. The highest BCUT2D eigenvalue weighted by atomic mass is 32.2. The van der Waals surface area contributed by atoms with Crippen LogP contribution in [0.3, 0.4) is 0 Å². The minimum absolute atomic E-state index is 0.267. The number of carbonyl (C=O) groups excluding carboxylic acids is 1. The summed E-state index contributed by atoms with van der Waals surface area (Å²) in [6.07, 6.45) is 0.644. The third-order valence-corrected chi connectivity index (χ3v) is 5.97. The molecular formula is C16H21N3O7S. The number of thiol groups is 1. The second-order valence-corrected chi connectivity index (χ2v) is 7.95. The maximum Gasteiger partial charge on any atom is 0.330 e. The molecule has 1 aromatic heterocycles. The van der Waals surface area contributed by atoms with Crippen molar-refractivity contribution in [2.45, 2.75) is 24.5 Å². The summed E-state index contributed by atoms with van der Waals surface area (Å²) in [6.45, 7) is -0.479. The van der Waals surface area contributed by atoms with Gasteiger partial charge in [-0.05, 0) is 10.8 Å². The predicted octanol–water partition coefficient (Wildman–Crippen LogP) is -1.47. The quantitative estimate of drug-likeness (QED) is 0.368. The number of nitrogens with zero attached hydrogens (tertiary/aromatic N) is 1. The van der Waals surface area contributed by atoms with Gasteiger partial charge in [-0.15, -0.1) is 0 Å². The van der Waals surface area contributed by atoms with E-state index in [-0.39, 0.29) is 5.56 Å². The topological polar surface area (TPSA) is 143 Å². The molecule has 3 heterocycles. The van der Waals surface area contributed by atoms with Gasteiger partial charge >= 0.3 is 5.69 Å². The van der Waals surface area contributed by atoms with Crippen LogP contribution < -0.4 is 16.6 Å². The van der Waals surface area contributed by atoms with Crippen LogP contribution in [0.1, 0.15) is 16.6 Å². The molecule has 0 aromatic carbocycles. The van der Waals surface area contributed by atoms with E-state index in [2.05, 4.69) is 10.3 Å². The molecule has 10 nitrogen and oxygen atoms in total. The van der Waals surface area contributed by atoms with Crippen LogP contribution in [0.4, 0.5) is 0 Å². The molecular weight excluding hydrogens is 378 g/mol. The molecule has 148 valence electrons. The van der Waals surface area contributed by atoms with E-state index < -0.39 is 59.2 Å². The van der Waals surface area contributed by atoms with Gasteiger partial charge in [0.25, 0.3) is 11.5 Å². The maximum atomic E-state index is 12.4. The van der Waals surface area contributed by atoms with Crippen LogP contribution in [0.2, 0.25) is 0 Å². The Bertz CT molecular complexity index is 866. The van der Waals surface area contributed by atoms with Gasteiger partial charge in [-0.2, -0.15) is 10.9 Å². The SMILES string of the molecule is CO[C@@H]1[C@@H](O)[C@@H](CO)O[C@H]1n1cc(C(=O)NC[SH]2C=CC=C2)c(=O)[nH]c1=O. The zero-order valence-electron chi connectivity index (χ0n) is 14.4. The van der Waals surface area contributed by atoms with E-state index in [1.54, 1.807) is 0 Å². The molecule has 0 unspecified atom stereocenters. The molecule has 3 rings (SSSR count). The summed E-state index contributed by atoms with van der Waals surface area (Å²) < 4.78 is 11.6. The van der Waals surface area contributed by atoms with Crippen molar-refractivity contribution in [3.63, 3.8) is 0 Å². The van der Waals surface area contributed by atoms with Crippen molar-refractivity contribution in [1.82, 2.24) is 14.9 Å². The molecule has 0 aliphatic carbocycles. The van der Waals surface area contributed by atoms with Gasteiger partial charge in [-0.1, -0.05) is 12.2 Å². The van der Waals surface area contributed by atoms with Gasteiger partial charge in [-0.3, -0.25) is 19.1 Å². The number of methoxy groups -OCH3 is 1. The first-order valence-corrected chi connectivity index (χ1v) is 9.84. The molecule has 0 bridgehead atoms. The number of rotatable bonds is 6. The second kappa shape index (κ2) is 8.23. The monoisotopic (exact) mass is 399 g/mol. The number of aromatic amines is 1. The fourth-order valence-corrected chi connectivity index (χ4v) is 4.20. The fraction of sp³-hybridized carbons (Fsp3) is 0.438. The Labute approximate surface area is 156 Å². The van der Waals surface area contributed by atoms with E-state index in [1.165, 1.54) is 7.11 Å². The van der Waals surface area contributed by atoms with Crippen LogP contribution in [-0.4, -0.2) is 63.6 Å². The summed E-state index contributed by atoms with van der Waals surface area (Å²) in [6, 6.07) is 0. The summed E-state index contributed by atoms with van der Waals surface area (Å²) in [4.78, 5) is 38.7. The van der Waals surface area contributed by atoms with Crippen molar-refractivity contribution in [3.05, 3.63) is 55.6 Å². The molecule has 4 atom stereocenters. The van der Waals surface area contributed by atoms with Crippen LogP contribution in [0, 0.1) is 0 Å². The minimum atomic E-state index is -1.18. The Balaban J connectivity index is 1.86. The molecule has 27 heavy (non-hydrogen) atoms. The number of ether oxygens (including phenoxy) is 2. The van der Waals surface area contributed by atoms with Crippen molar-refractivity contribution in [2.75, 3.05) is 19.6 Å². The standard InChI is InChI=1S/C16H21N3O7S/c1-25-12-11(21)10(7-20)26-15(12)19-6-9(14(23)18-16(19)24)13(22)17-8-27-4-2-3-5-27/h2-6,10-12,15,20-21,27H,7-8H2,1H3,(H,17,22)(H,18,23,24)/t10-,11+,12-,15-/m1/s1. The van der Waals surface area contributed by atoms with Crippen molar-refractivity contribution in [3.8, 4) is 0 Å². The van der Waals surface area contributed by atoms with Crippen LogP contribution in [0.5, 0.6) is 0 Å². The molecule has 0 spiro atoms. The number of allylic oxidation sites excluding steroid dienone is 2. The van der Waals surface area contributed by atoms with E-state index in [0.717, 1.165) is 10.8 Å². The van der Waals surface area contributed by atoms with Crippen LogP contribution >= 0.6 is 10.9 Å². The molecule has 2 aliphatic heterocycles. The molecule has 11 heteroatoms. The van der Waals surface area contributed by atoms with E-state index in [1.807, 2.05) is 23.0 Å². The average molecular weight is 399 g/mol. The summed E-state index contributed by atoms with van der Waals surface area (Å²) in [7, 11) is 0.715. The van der Waals surface area contributed by atoms with Gasteiger partial charge in [0.1, 0.15) is 23.9 Å². The summed E-state index contributed by atoms with van der Waals surface area (Å²) in [5.74, 6) is -0.265. The minimum Gasteiger partial charge on any atom is -0.394 e. The number of hydrogen-bond donors (Lipinski definition) is 5. The van der Waals surface area contributed by atoms with E-state index in [4.69, 9.17) is 9.47 Å². The Morgan fingerprint density at radius 1 is 1.41 bits per heavy atom. The van der Waals surface area contributed by atoms with Crippen molar-refractivity contribution >= 4 is 16.8 Å². The van der Waals surface area contributed by atoms with E-state index >= 15 is 0 Å². The Hall–Kier alpha value is -2.18. The molecule has 0 saturated carbocycles. The summed E-state index contributed by atoms with van der Waals surface area (Å²) >= 11 is 0. The lowest BCUT2D eigenvalue weighted by atomic mass is 10.1. The number of aliphatic hydroxyl groups excluding tert-OH is 2. The lowest BCUT2D eigenvalue weighted by Gasteiger charge is -2.21. The van der Waals surface area contributed by atoms with Crippen LogP contribution in [0.15, 0.2) is 38.8 Å². The van der Waals surface area contributed by atoms with Gasteiger partial charge in [0, 0.05) is 13.3 Å². The smallest absolute Gasteiger partial charge is 0.330 e. The molecule has 1 aromatic rings. The van der Waals surface area contributed by atoms with Crippen molar-refractivity contribution < 1.29 is 24.5 Å². The number of H-pyrrole nitrogens is 1. The van der Waals surface area contributed by atoms with Crippen LogP contribution in [-0.2, 0) is 9.47 Å². The third-order valence-electron chi connectivity index (χ3n) is 4.34. The molecule has 1 saturated heterocycles. The number of hydrogen-bond acceptors (Lipinski definition) is 7. The maximum absolute atomic E-state index is 12.4. The number of aliphatic hydroxyl groups is 2. The van der Waals surface area contributed by atoms with Gasteiger partial charge in [0.15, 0.2) is 6.23 Å². The molecule has 1 fully saturated rings. The number of amides is 1. The van der Waals surface area contributed by atoms with Crippen LogP contribution in [0.25, 0.3) is 0 Å². The molecule has 4 N–H and O–H groups in total.